The lowest BCUT2D eigenvalue weighted by Gasteiger charge is -2.20. The van der Waals surface area contributed by atoms with Crippen molar-refractivity contribution >= 4 is 16.9 Å². The molecule has 0 bridgehead atoms. The maximum atomic E-state index is 12.8. The van der Waals surface area contributed by atoms with E-state index < -0.39 is 11.7 Å². The molecule has 2 aliphatic rings. The lowest BCUT2D eigenvalue weighted by molar-refractivity contribution is -0.137. The first-order valence-electron chi connectivity index (χ1n) is 9.01. The molecule has 2 saturated carbocycles. The van der Waals surface area contributed by atoms with Gasteiger partial charge in [-0.05, 0) is 43.4 Å². The van der Waals surface area contributed by atoms with Crippen molar-refractivity contribution in [3.8, 4) is 0 Å². The van der Waals surface area contributed by atoms with Gasteiger partial charge in [-0.15, -0.1) is 0 Å². The van der Waals surface area contributed by atoms with Crippen LogP contribution in [0.2, 0.25) is 0 Å². The summed E-state index contributed by atoms with van der Waals surface area (Å²) in [6.45, 7) is 0. The monoisotopic (exact) mass is 373 g/mol. The van der Waals surface area contributed by atoms with Crippen molar-refractivity contribution in [2.75, 3.05) is 5.32 Å². The van der Waals surface area contributed by atoms with Crippen LogP contribution >= 0.6 is 0 Å². The van der Waals surface area contributed by atoms with Crippen molar-refractivity contribution in [1.29, 1.82) is 0 Å². The number of aryl methyl sites for hydroxylation is 1. The Bertz CT molecular complexity index is 1010. The number of fused-ring (bicyclic) bond motifs is 1. The zero-order chi connectivity index (χ0) is 18.8. The molecule has 5 nitrogen and oxygen atoms in total. The molecule has 0 saturated heterocycles. The zero-order valence-electron chi connectivity index (χ0n) is 14.7. The van der Waals surface area contributed by atoms with Crippen LogP contribution in [0.4, 0.5) is 19.0 Å². The number of rotatable bonds is 4. The van der Waals surface area contributed by atoms with E-state index >= 15 is 0 Å². The van der Waals surface area contributed by atoms with Gasteiger partial charge in [-0.2, -0.15) is 18.3 Å². The van der Waals surface area contributed by atoms with Crippen LogP contribution < -0.4 is 5.32 Å². The highest BCUT2D eigenvalue weighted by Gasteiger charge is 2.45. The lowest BCUT2D eigenvalue weighted by Crippen LogP contribution is -2.20. The van der Waals surface area contributed by atoms with Gasteiger partial charge in [-0.1, -0.05) is 12.1 Å². The van der Waals surface area contributed by atoms with E-state index in [1.165, 1.54) is 0 Å². The molecule has 5 rings (SSSR count). The smallest absolute Gasteiger partial charge is 0.360 e. The van der Waals surface area contributed by atoms with E-state index in [9.17, 15) is 13.2 Å². The van der Waals surface area contributed by atoms with E-state index in [1.807, 2.05) is 7.05 Å². The summed E-state index contributed by atoms with van der Waals surface area (Å²) in [5, 5.41) is 8.62. The second-order valence-corrected chi connectivity index (χ2v) is 7.49. The van der Waals surface area contributed by atoms with E-state index in [-0.39, 0.29) is 5.54 Å². The summed E-state index contributed by atoms with van der Waals surface area (Å²) >= 11 is 0. The summed E-state index contributed by atoms with van der Waals surface area (Å²) in [6.07, 6.45) is 1.29. The number of nitrogens with zero attached hydrogens (tertiary/aromatic N) is 4. The van der Waals surface area contributed by atoms with Gasteiger partial charge in [-0.25, -0.2) is 9.97 Å². The first-order chi connectivity index (χ1) is 12.9. The van der Waals surface area contributed by atoms with Gasteiger partial charge in [-0.3, -0.25) is 4.68 Å². The molecule has 1 N–H and O–H groups in total. The van der Waals surface area contributed by atoms with Crippen LogP contribution in [-0.4, -0.2) is 19.7 Å². The van der Waals surface area contributed by atoms with E-state index in [1.54, 1.807) is 23.0 Å². The third kappa shape index (κ3) is 2.83. The van der Waals surface area contributed by atoms with E-state index in [4.69, 9.17) is 4.98 Å². The predicted molar refractivity (Wildman–Crippen MR) is 94.3 cm³/mol. The van der Waals surface area contributed by atoms with E-state index in [2.05, 4.69) is 15.4 Å². The van der Waals surface area contributed by atoms with Crippen LogP contribution in [0.15, 0.2) is 30.5 Å². The molecule has 140 valence electrons. The maximum absolute atomic E-state index is 12.8. The van der Waals surface area contributed by atoms with Crippen LogP contribution in [0.25, 0.3) is 11.0 Å². The highest BCUT2D eigenvalue weighted by Crippen LogP contribution is 2.49. The molecule has 0 unspecified atom stereocenters. The molecule has 0 amide bonds. The van der Waals surface area contributed by atoms with Crippen molar-refractivity contribution in [3.05, 3.63) is 47.4 Å². The summed E-state index contributed by atoms with van der Waals surface area (Å²) in [4.78, 5) is 9.37. The fourth-order valence-electron chi connectivity index (χ4n) is 3.47. The average molecular weight is 373 g/mol. The number of aromatic nitrogens is 4. The van der Waals surface area contributed by atoms with Crippen LogP contribution in [0.5, 0.6) is 0 Å². The molecule has 0 atom stereocenters. The van der Waals surface area contributed by atoms with Crippen LogP contribution in [0, 0.1) is 0 Å². The van der Waals surface area contributed by atoms with Gasteiger partial charge in [0.15, 0.2) is 5.65 Å². The number of alkyl halides is 3. The predicted octanol–water partition coefficient (Wildman–Crippen LogP) is 4.36. The van der Waals surface area contributed by atoms with Crippen molar-refractivity contribution < 1.29 is 13.2 Å². The first-order valence-corrected chi connectivity index (χ1v) is 9.01. The lowest BCUT2D eigenvalue weighted by atomic mass is 10.0. The fraction of sp³-hybridized carbons (Fsp3) is 0.421. The third-order valence-electron chi connectivity index (χ3n) is 5.42. The number of halogens is 3. The van der Waals surface area contributed by atoms with Gasteiger partial charge in [0.25, 0.3) is 0 Å². The summed E-state index contributed by atoms with van der Waals surface area (Å²) in [5.74, 6) is 1.93. The molecule has 2 aliphatic carbocycles. The molecule has 2 heterocycles. The van der Waals surface area contributed by atoms with Crippen molar-refractivity contribution in [1.82, 2.24) is 19.7 Å². The second-order valence-electron chi connectivity index (χ2n) is 7.49. The van der Waals surface area contributed by atoms with Gasteiger partial charge in [0.05, 0.1) is 22.7 Å². The first kappa shape index (κ1) is 16.5. The summed E-state index contributed by atoms with van der Waals surface area (Å²) < 4.78 is 40.2. The number of nitrogens with one attached hydrogen (secondary N) is 1. The largest absolute Gasteiger partial charge is 0.416 e. The molecular weight excluding hydrogens is 355 g/mol. The normalized spacial score (nSPS) is 18.7. The molecule has 2 aromatic heterocycles. The maximum Gasteiger partial charge on any atom is 0.416 e. The summed E-state index contributed by atoms with van der Waals surface area (Å²) in [6, 6.07) is 5.41. The summed E-state index contributed by atoms with van der Waals surface area (Å²) in [5.41, 5.74) is 0.619. The van der Waals surface area contributed by atoms with Crippen LogP contribution in [-0.2, 0) is 18.8 Å². The van der Waals surface area contributed by atoms with Crippen LogP contribution in [0.3, 0.4) is 0 Å². The Morgan fingerprint density at radius 1 is 1.11 bits per heavy atom. The van der Waals surface area contributed by atoms with Gasteiger partial charge >= 0.3 is 6.18 Å². The minimum Gasteiger partial charge on any atom is -0.360 e. The summed E-state index contributed by atoms with van der Waals surface area (Å²) in [7, 11) is 1.85. The molecule has 0 radical (unpaired) electrons. The zero-order valence-corrected chi connectivity index (χ0v) is 14.7. The Morgan fingerprint density at radius 2 is 1.81 bits per heavy atom. The van der Waals surface area contributed by atoms with Gasteiger partial charge in [0, 0.05) is 13.0 Å². The average Bonchev–Trinajstić information content (AvgIpc) is 3.55. The van der Waals surface area contributed by atoms with Gasteiger partial charge in [0.1, 0.15) is 11.6 Å². The second kappa shape index (κ2) is 5.43. The number of benzene rings is 1. The Morgan fingerprint density at radius 3 is 2.41 bits per heavy atom. The Labute approximate surface area is 153 Å². The molecule has 8 heteroatoms. The molecule has 1 aromatic carbocycles. The topological polar surface area (TPSA) is 55.6 Å². The standard InChI is InChI=1S/C19H18F3N5/c1-27-17-14(10-23-27)16(24-15(25-17)11-2-3-11)26-18(8-9-18)12-4-6-13(7-5-12)19(20,21)22/h4-7,10-11H,2-3,8-9H2,1H3,(H,24,25,26). The Kier molecular flexibility index (Phi) is 3.33. The number of anilines is 1. The van der Waals surface area contributed by atoms with Gasteiger partial charge < -0.3 is 5.32 Å². The Hall–Kier alpha value is -2.64. The van der Waals surface area contributed by atoms with E-state index in [0.717, 1.165) is 60.2 Å². The highest BCUT2D eigenvalue weighted by molar-refractivity contribution is 5.87. The number of hydrogen-bond donors (Lipinski definition) is 1. The third-order valence-corrected chi connectivity index (χ3v) is 5.42. The minimum atomic E-state index is -4.32. The minimum absolute atomic E-state index is 0.373. The molecule has 2 fully saturated rings. The number of hydrogen-bond acceptors (Lipinski definition) is 4. The van der Waals surface area contributed by atoms with Crippen molar-refractivity contribution in [3.63, 3.8) is 0 Å². The van der Waals surface area contributed by atoms with E-state index in [0.29, 0.717) is 11.7 Å². The highest BCUT2D eigenvalue weighted by atomic mass is 19.4. The SMILES string of the molecule is Cn1ncc2c(NC3(c4ccc(C(F)(F)F)cc4)CC3)nc(C3CC3)nc21. The molecule has 0 spiro atoms. The van der Waals surface area contributed by atoms with Crippen molar-refractivity contribution in [2.45, 2.75) is 43.3 Å². The quantitative estimate of drug-likeness (QED) is 0.738. The van der Waals surface area contributed by atoms with Gasteiger partial charge in [0.2, 0.25) is 0 Å². The Balaban J connectivity index is 1.51. The molecule has 27 heavy (non-hydrogen) atoms. The van der Waals surface area contributed by atoms with Crippen molar-refractivity contribution in [2.24, 2.45) is 7.05 Å². The fourth-order valence-corrected chi connectivity index (χ4v) is 3.47. The van der Waals surface area contributed by atoms with Crippen LogP contribution in [0.1, 0.15) is 48.6 Å². The molecule has 0 aliphatic heterocycles. The molecular formula is C19H18F3N5. The molecule has 3 aromatic rings.